The first-order valence-corrected chi connectivity index (χ1v) is 20.7. The summed E-state index contributed by atoms with van der Waals surface area (Å²) in [6.45, 7) is 7.84. The summed E-state index contributed by atoms with van der Waals surface area (Å²) in [5.41, 5.74) is 2.07. The Morgan fingerprint density at radius 3 is 1.69 bits per heavy atom. The topological polar surface area (TPSA) is 51.4 Å². The van der Waals surface area contributed by atoms with Gasteiger partial charge in [-0.25, -0.2) is 4.57 Å². The third-order valence-corrected chi connectivity index (χ3v) is 9.90. The summed E-state index contributed by atoms with van der Waals surface area (Å²) >= 11 is 0. The van der Waals surface area contributed by atoms with Crippen molar-refractivity contribution in [3.63, 3.8) is 0 Å². The van der Waals surface area contributed by atoms with Gasteiger partial charge in [0.05, 0.1) is 6.61 Å². The molecule has 1 unspecified atom stereocenters. The van der Waals surface area contributed by atoms with Gasteiger partial charge in [-0.15, -0.1) is 0 Å². The summed E-state index contributed by atoms with van der Waals surface area (Å²) in [5.74, 6) is 1.60. The van der Waals surface area contributed by atoms with E-state index in [1.807, 2.05) is 55.1 Å². The highest BCUT2D eigenvalue weighted by atomic mass is 16.5. The molecule has 0 saturated heterocycles. The lowest BCUT2D eigenvalue weighted by atomic mass is 10.0. The van der Waals surface area contributed by atoms with Crippen LogP contribution in [0.3, 0.4) is 0 Å². The number of ether oxygens (including phenoxy) is 2. The summed E-state index contributed by atoms with van der Waals surface area (Å²) in [4.78, 5) is 13.4. The molecule has 0 fully saturated rings. The summed E-state index contributed by atoms with van der Waals surface area (Å²) in [5, 5.41) is 3.14. The standard InChI is InChI=1S/C44H74N2O3/c1-5-7-9-11-13-15-17-18-19-20-21-23-25-27-32-43(44(47)45-38-40-31-28-29-35-46(40)4)49-42-34-33-41(37-39(42)3)48-36-30-26-24-22-16-14-12-10-8-6-2/h28-29,31,33-35,37,43H,5-27,30,32,36,38H2,1-4H3/p+1. The van der Waals surface area contributed by atoms with Crippen LogP contribution in [0.2, 0.25) is 0 Å². The van der Waals surface area contributed by atoms with Crippen LogP contribution in [0.4, 0.5) is 0 Å². The van der Waals surface area contributed by atoms with Crippen LogP contribution in [0.25, 0.3) is 0 Å². The molecule has 5 nitrogen and oxygen atoms in total. The molecule has 1 aromatic carbocycles. The molecule has 1 heterocycles. The number of hydrogen-bond acceptors (Lipinski definition) is 3. The largest absolute Gasteiger partial charge is 0.494 e. The molecule has 5 heteroatoms. The highest BCUT2D eigenvalue weighted by Crippen LogP contribution is 2.26. The van der Waals surface area contributed by atoms with E-state index in [2.05, 4.69) is 25.2 Å². The second-order valence-electron chi connectivity index (χ2n) is 14.5. The first-order valence-electron chi connectivity index (χ1n) is 20.7. The molecular formula is C44H75N2O3+. The van der Waals surface area contributed by atoms with E-state index in [9.17, 15) is 4.79 Å². The highest BCUT2D eigenvalue weighted by molar-refractivity contribution is 5.81. The van der Waals surface area contributed by atoms with E-state index in [1.54, 1.807) is 0 Å². The zero-order valence-corrected chi connectivity index (χ0v) is 32.4. The van der Waals surface area contributed by atoms with E-state index in [1.165, 1.54) is 135 Å². The van der Waals surface area contributed by atoms with Gasteiger partial charge in [-0.1, -0.05) is 161 Å². The number of benzene rings is 1. The number of aromatic nitrogens is 1. The molecule has 0 spiro atoms. The average Bonchev–Trinajstić information content (AvgIpc) is 3.10. The normalized spacial score (nSPS) is 11.8. The van der Waals surface area contributed by atoms with Crippen LogP contribution in [0.15, 0.2) is 42.6 Å². The van der Waals surface area contributed by atoms with E-state index >= 15 is 0 Å². The van der Waals surface area contributed by atoms with Gasteiger partial charge in [-0.05, 0) is 49.9 Å². The van der Waals surface area contributed by atoms with Crippen molar-refractivity contribution in [3.05, 3.63) is 53.9 Å². The maximum Gasteiger partial charge on any atom is 0.261 e. The van der Waals surface area contributed by atoms with Gasteiger partial charge in [0.1, 0.15) is 25.1 Å². The second-order valence-corrected chi connectivity index (χ2v) is 14.5. The summed E-state index contributed by atoms with van der Waals surface area (Å²) in [7, 11) is 2.01. The quantitative estimate of drug-likeness (QED) is 0.0618. The van der Waals surface area contributed by atoms with Gasteiger partial charge in [-0.2, -0.15) is 0 Å². The molecule has 0 saturated carbocycles. The average molecular weight is 680 g/mol. The highest BCUT2D eigenvalue weighted by Gasteiger charge is 2.22. The molecule has 0 radical (unpaired) electrons. The summed E-state index contributed by atoms with van der Waals surface area (Å²) in [6.07, 6.45) is 33.9. The zero-order chi connectivity index (χ0) is 35.2. The minimum atomic E-state index is -0.511. The van der Waals surface area contributed by atoms with Crippen LogP contribution in [-0.2, 0) is 18.4 Å². The van der Waals surface area contributed by atoms with Crippen molar-refractivity contribution in [2.75, 3.05) is 6.61 Å². The lowest BCUT2D eigenvalue weighted by Crippen LogP contribution is -2.42. The van der Waals surface area contributed by atoms with Crippen LogP contribution in [0.1, 0.15) is 186 Å². The molecule has 1 amide bonds. The van der Waals surface area contributed by atoms with Crippen molar-refractivity contribution in [2.24, 2.45) is 7.05 Å². The molecule has 0 aliphatic rings. The van der Waals surface area contributed by atoms with Crippen molar-refractivity contribution >= 4 is 5.91 Å². The van der Waals surface area contributed by atoms with Gasteiger partial charge >= 0.3 is 0 Å². The molecule has 278 valence electrons. The number of carbonyl (C=O) groups is 1. The molecule has 1 N–H and O–H groups in total. The molecule has 0 aliphatic heterocycles. The molecule has 0 aliphatic carbocycles. The van der Waals surface area contributed by atoms with Crippen LogP contribution in [-0.4, -0.2) is 18.6 Å². The first-order chi connectivity index (χ1) is 24.0. The minimum absolute atomic E-state index is 0.0424. The smallest absolute Gasteiger partial charge is 0.261 e. The number of rotatable bonds is 32. The van der Waals surface area contributed by atoms with Crippen molar-refractivity contribution < 1.29 is 18.8 Å². The molecule has 49 heavy (non-hydrogen) atoms. The van der Waals surface area contributed by atoms with E-state index in [0.29, 0.717) is 6.54 Å². The molecule has 2 aromatic rings. The lowest BCUT2D eigenvalue weighted by molar-refractivity contribution is -0.679. The number of carbonyl (C=O) groups excluding carboxylic acids is 1. The number of nitrogens with zero attached hydrogens (tertiary/aromatic N) is 1. The maximum absolute atomic E-state index is 13.4. The van der Waals surface area contributed by atoms with Crippen molar-refractivity contribution in [2.45, 2.75) is 194 Å². The lowest BCUT2D eigenvalue weighted by Gasteiger charge is -2.20. The fourth-order valence-corrected chi connectivity index (χ4v) is 6.58. The Morgan fingerprint density at radius 2 is 1.18 bits per heavy atom. The Morgan fingerprint density at radius 1 is 0.673 bits per heavy atom. The molecule has 2 rings (SSSR count). The number of amides is 1. The molecule has 0 bridgehead atoms. The van der Waals surface area contributed by atoms with Crippen LogP contribution in [0, 0.1) is 6.92 Å². The predicted octanol–water partition coefficient (Wildman–Crippen LogP) is 12.1. The van der Waals surface area contributed by atoms with Crippen LogP contribution < -0.4 is 19.4 Å². The van der Waals surface area contributed by atoms with Gasteiger partial charge < -0.3 is 14.8 Å². The third-order valence-electron chi connectivity index (χ3n) is 9.90. The fraction of sp³-hybridized carbons (Fsp3) is 0.727. The van der Waals surface area contributed by atoms with Gasteiger partial charge in [0.25, 0.3) is 5.91 Å². The predicted molar refractivity (Wildman–Crippen MR) is 207 cm³/mol. The van der Waals surface area contributed by atoms with Crippen molar-refractivity contribution in [3.8, 4) is 11.5 Å². The number of unbranched alkanes of at least 4 members (excludes halogenated alkanes) is 22. The second kappa shape index (κ2) is 29.2. The van der Waals surface area contributed by atoms with Crippen molar-refractivity contribution in [1.82, 2.24) is 5.32 Å². The zero-order valence-electron chi connectivity index (χ0n) is 32.4. The van der Waals surface area contributed by atoms with Crippen LogP contribution >= 0.6 is 0 Å². The number of aryl methyl sites for hydroxylation is 2. The van der Waals surface area contributed by atoms with Gasteiger partial charge in [0.15, 0.2) is 18.0 Å². The van der Waals surface area contributed by atoms with Crippen LogP contribution in [0.5, 0.6) is 11.5 Å². The Balaban J connectivity index is 1.74. The first kappa shape index (κ1) is 42.6. The van der Waals surface area contributed by atoms with E-state index in [4.69, 9.17) is 9.47 Å². The van der Waals surface area contributed by atoms with E-state index < -0.39 is 6.10 Å². The molecular weight excluding hydrogens is 604 g/mol. The monoisotopic (exact) mass is 680 g/mol. The Bertz CT molecular complexity index is 1090. The molecule has 1 atom stereocenters. The Kier molecular flexibility index (Phi) is 25.4. The number of hydrogen-bond donors (Lipinski definition) is 1. The minimum Gasteiger partial charge on any atom is -0.494 e. The molecule has 1 aromatic heterocycles. The third kappa shape index (κ3) is 21.3. The number of nitrogens with one attached hydrogen (secondary N) is 1. The summed E-state index contributed by atoms with van der Waals surface area (Å²) in [6, 6.07) is 12.1. The maximum atomic E-state index is 13.4. The number of pyridine rings is 1. The van der Waals surface area contributed by atoms with E-state index in [-0.39, 0.29) is 5.91 Å². The Labute approximate surface area is 302 Å². The fourth-order valence-electron chi connectivity index (χ4n) is 6.58. The van der Waals surface area contributed by atoms with E-state index in [0.717, 1.165) is 55.0 Å². The SMILES string of the molecule is CCCCCCCCCCCCCCCCC(Oc1ccc(OCCCCCCCCCCCC)cc1C)C(=O)NCc1cccc[n+]1C. The van der Waals surface area contributed by atoms with Gasteiger partial charge in [0, 0.05) is 12.1 Å². The van der Waals surface area contributed by atoms with Gasteiger partial charge in [0.2, 0.25) is 0 Å². The van der Waals surface area contributed by atoms with Gasteiger partial charge in [-0.3, -0.25) is 4.79 Å². The Hall–Kier alpha value is -2.56. The summed E-state index contributed by atoms with van der Waals surface area (Å²) < 4.78 is 14.6. The van der Waals surface area contributed by atoms with Crippen molar-refractivity contribution in [1.29, 1.82) is 0 Å².